The lowest BCUT2D eigenvalue weighted by Crippen LogP contribution is -2.19. The molecule has 0 aliphatic carbocycles. The van der Waals surface area contributed by atoms with Crippen molar-refractivity contribution in [3.05, 3.63) is 59.9 Å². The maximum absolute atomic E-state index is 5.84. The monoisotopic (exact) mass is 336 g/mol. The largest absolute Gasteiger partial charge is 0.494 e. The number of benzene rings is 2. The Bertz CT molecular complexity index is 825. The lowest BCUT2D eigenvalue weighted by Gasteiger charge is -2.20. The molecule has 0 spiro atoms. The van der Waals surface area contributed by atoms with Crippen LogP contribution < -0.4 is 4.74 Å². The van der Waals surface area contributed by atoms with Crippen molar-refractivity contribution in [2.24, 2.45) is 0 Å². The van der Waals surface area contributed by atoms with Crippen LogP contribution in [0.1, 0.15) is 45.0 Å². The van der Waals surface area contributed by atoms with E-state index in [1.165, 1.54) is 11.1 Å². The molecule has 1 aromatic heterocycles. The second-order valence-electron chi connectivity index (χ2n) is 7.69. The standard InChI is InChI=1S/C22H28N2O/c1-17-11-13-18(14-12-17)25-16-8-7-15-24-20-10-6-5-9-19(20)23-21(24)22(2,3)4/h5-6,9-14H,7-8,15-16H2,1-4H3. The molecule has 0 aliphatic rings. The minimum Gasteiger partial charge on any atom is -0.494 e. The molecular weight excluding hydrogens is 308 g/mol. The molecule has 1 heterocycles. The highest BCUT2D eigenvalue weighted by Gasteiger charge is 2.22. The van der Waals surface area contributed by atoms with E-state index in [0.29, 0.717) is 0 Å². The van der Waals surface area contributed by atoms with Gasteiger partial charge in [-0.05, 0) is 44.0 Å². The molecule has 0 amide bonds. The first-order chi connectivity index (χ1) is 11.9. The van der Waals surface area contributed by atoms with Crippen molar-refractivity contribution in [3.63, 3.8) is 0 Å². The molecule has 0 aliphatic heterocycles. The summed E-state index contributed by atoms with van der Waals surface area (Å²) >= 11 is 0. The van der Waals surface area contributed by atoms with Gasteiger partial charge in [-0.3, -0.25) is 0 Å². The number of rotatable bonds is 6. The van der Waals surface area contributed by atoms with Gasteiger partial charge >= 0.3 is 0 Å². The minimum atomic E-state index is 0.0391. The maximum Gasteiger partial charge on any atom is 0.119 e. The zero-order valence-electron chi connectivity index (χ0n) is 15.7. The lowest BCUT2D eigenvalue weighted by molar-refractivity contribution is 0.302. The summed E-state index contributed by atoms with van der Waals surface area (Å²) in [4.78, 5) is 4.87. The first kappa shape index (κ1) is 17.5. The molecule has 0 saturated heterocycles. The SMILES string of the molecule is Cc1ccc(OCCCCn2c(C(C)(C)C)nc3ccccc32)cc1. The fourth-order valence-corrected chi connectivity index (χ4v) is 3.07. The molecule has 132 valence electrons. The average molecular weight is 336 g/mol. The Morgan fingerprint density at radius 1 is 0.960 bits per heavy atom. The summed E-state index contributed by atoms with van der Waals surface area (Å²) in [5.74, 6) is 2.11. The van der Waals surface area contributed by atoms with Crippen LogP contribution in [0, 0.1) is 6.92 Å². The van der Waals surface area contributed by atoms with Crippen molar-refractivity contribution >= 4 is 11.0 Å². The summed E-state index contributed by atoms with van der Waals surface area (Å²) in [6.45, 7) is 10.5. The maximum atomic E-state index is 5.84. The molecule has 3 nitrogen and oxygen atoms in total. The Kier molecular flexibility index (Phi) is 5.12. The Labute approximate surface area is 150 Å². The fraction of sp³-hybridized carbons (Fsp3) is 0.409. The van der Waals surface area contributed by atoms with Crippen molar-refractivity contribution in [1.29, 1.82) is 0 Å². The van der Waals surface area contributed by atoms with Gasteiger partial charge in [-0.1, -0.05) is 50.6 Å². The fourth-order valence-electron chi connectivity index (χ4n) is 3.07. The van der Waals surface area contributed by atoms with Gasteiger partial charge in [0.1, 0.15) is 11.6 Å². The molecular formula is C22H28N2O. The van der Waals surface area contributed by atoms with Crippen LogP contribution in [-0.4, -0.2) is 16.2 Å². The van der Waals surface area contributed by atoms with Crippen LogP contribution >= 0.6 is 0 Å². The van der Waals surface area contributed by atoms with Crippen molar-refractivity contribution in [2.75, 3.05) is 6.61 Å². The van der Waals surface area contributed by atoms with Gasteiger partial charge in [0.05, 0.1) is 17.6 Å². The summed E-state index contributed by atoms with van der Waals surface area (Å²) in [7, 11) is 0. The summed E-state index contributed by atoms with van der Waals surface area (Å²) in [5, 5.41) is 0. The zero-order chi connectivity index (χ0) is 17.9. The molecule has 0 radical (unpaired) electrons. The predicted octanol–water partition coefficient (Wildman–Crippen LogP) is 5.50. The van der Waals surface area contributed by atoms with E-state index in [4.69, 9.17) is 9.72 Å². The average Bonchev–Trinajstić information content (AvgIpc) is 2.95. The first-order valence-corrected chi connectivity index (χ1v) is 9.10. The number of aryl methyl sites for hydroxylation is 2. The van der Waals surface area contributed by atoms with E-state index in [0.717, 1.165) is 43.1 Å². The van der Waals surface area contributed by atoms with Crippen molar-refractivity contribution in [3.8, 4) is 5.75 Å². The van der Waals surface area contributed by atoms with E-state index in [1.54, 1.807) is 0 Å². The van der Waals surface area contributed by atoms with E-state index in [-0.39, 0.29) is 5.41 Å². The van der Waals surface area contributed by atoms with E-state index in [2.05, 4.69) is 68.7 Å². The molecule has 3 aromatic rings. The summed E-state index contributed by atoms with van der Waals surface area (Å²) in [6, 6.07) is 16.7. The Hall–Kier alpha value is -2.29. The predicted molar refractivity (Wildman–Crippen MR) is 104 cm³/mol. The number of nitrogens with zero attached hydrogens (tertiary/aromatic N) is 2. The number of ether oxygens (including phenoxy) is 1. The van der Waals surface area contributed by atoms with E-state index < -0.39 is 0 Å². The minimum absolute atomic E-state index is 0.0391. The molecule has 2 aromatic carbocycles. The second-order valence-corrected chi connectivity index (χ2v) is 7.69. The lowest BCUT2D eigenvalue weighted by atomic mass is 9.95. The summed E-state index contributed by atoms with van der Waals surface area (Å²) < 4.78 is 8.22. The Balaban J connectivity index is 1.62. The highest BCUT2D eigenvalue weighted by atomic mass is 16.5. The zero-order valence-corrected chi connectivity index (χ0v) is 15.7. The van der Waals surface area contributed by atoms with E-state index >= 15 is 0 Å². The van der Waals surface area contributed by atoms with Crippen LogP contribution in [-0.2, 0) is 12.0 Å². The van der Waals surface area contributed by atoms with Crippen LogP contribution in [0.2, 0.25) is 0 Å². The number of unbranched alkanes of at least 4 members (excludes halogenated alkanes) is 1. The number of aromatic nitrogens is 2. The van der Waals surface area contributed by atoms with Gasteiger partial charge in [0.15, 0.2) is 0 Å². The number of fused-ring (bicyclic) bond motifs is 1. The molecule has 0 N–H and O–H groups in total. The van der Waals surface area contributed by atoms with Gasteiger partial charge < -0.3 is 9.30 Å². The number of hydrogen-bond donors (Lipinski definition) is 0. The molecule has 0 bridgehead atoms. The topological polar surface area (TPSA) is 27.1 Å². The van der Waals surface area contributed by atoms with Crippen LogP contribution in [0.15, 0.2) is 48.5 Å². The van der Waals surface area contributed by atoms with Gasteiger partial charge in [-0.15, -0.1) is 0 Å². The Morgan fingerprint density at radius 3 is 2.40 bits per heavy atom. The van der Waals surface area contributed by atoms with Gasteiger partial charge in [0.25, 0.3) is 0 Å². The van der Waals surface area contributed by atoms with Crippen LogP contribution in [0.5, 0.6) is 5.75 Å². The van der Waals surface area contributed by atoms with Crippen LogP contribution in [0.4, 0.5) is 0 Å². The van der Waals surface area contributed by atoms with E-state index in [1.807, 2.05) is 12.1 Å². The van der Waals surface area contributed by atoms with E-state index in [9.17, 15) is 0 Å². The van der Waals surface area contributed by atoms with Crippen molar-refractivity contribution in [1.82, 2.24) is 9.55 Å². The van der Waals surface area contributed by atoms with Gasteiger partial charge in [-0.25, -0.2) is 4.98 Å². The number of hydrogen-bond acceptors (Lipinski definition) is 2. The van der Waals surface area contributed by atoms with Gasteiger partial charge in [0, 0.05) is 12.0 Å². The molecule has 0 unspecified atom stereocenters. The quantitative estimate of drug-likeness (QED) is 0.556. The second kappa shape index (κ2) is 7.30. The third-order valence-corrected chi connectivity index (χ3v) is 4.39. The van der Waals surface area contributed by atoms with Crippen molar-refractivity contribution in [2.45, 2.75) is 52.5 Å². The normalized spacial score (nSPS) is 11.8. The van der Waals surface area contributed by atoms with Crippen molar-refractivity contribution < 1.29 is 4.74 Å². The molecule has 0 atom stereocenters. The number of imidazole rings is 1. The molecule has 3 heteroatoms. The molecule has 0 fully saturated rings. The first-order valence-electron chi connectivity index (χ1n) is 9.10. The van der Waals surface area contributed by atoms with Crippen LogP contribution in [0.3, 0.4) is 0 Å². The highest BCUT2D eigenvalue weighted by Crippen LogP contribution is 2.26. The molecule has 0 saturated carbocycles. The van der Waals surface area contributed by atoms with Crippen LogP contribution in [0.25, 0.3) is 11.0 Å². The highest BCUT2D eigenvalue weighted by molar-refractivity contribution is 5.76. The van der Waals surface area contributed by atoms with Gasteiger partial charge in [0.2, 0.25) is 0 Å². The third-order valence-electron chi connectivity index (χ3n) is 4.39. The summed E-state index contributed by atoms with van der Waals surface area (Å²) in [5.41, 5.74) is 3.61. The smallest absolute Gasteiger partial charge is 0.119 e. The number of para-hydroxylation sites is 2. The summed E-state index contributed by atoms with van der Waals surface area (Å²) in [6.07, 6.45) is 2.11. The molecule has 3 rings (SSSR count). The Morgan fingerprint density at radius 2 is 1.68 bits per heavy atom. The third kappa shape index (κ3) is 4.22. The molecule has 25 heavy (non-hydrogen) atoms. The van der Waals surface area contributed by atoms with Gasteiger partial charge in [-0.2, -0.15) is 0 Å².